The van der Waals surface area contributed by atoms with E-state index in [0.29, 0.717) is 0 Å². The van der Waals surface area contributed by atoms with Gasteiger partial charge in [0.2, 0.25) is 0 Å². The van der Waals surface area contributed by atoms with E-state index in [2.05, 4.69) is 4.74 Å². The molecule has 0 N–H and O–H groups in total. The number of benzene rings is 2. The van der Waals surface area contributed by atoms with Crippen molar-refractivity contribution >= 4 is 23.3 Å². The molecule has 0 fully saturated rings. The Labute approximate surface area is 169 Å². The van der Waals surface area contributed by atoms with Gasteiger partial charge in [0, 0.05) is 24.0 Å². The van der Waals surface area contributed by atoms with Crippen LogP contribution in [0.3, 0.4) is 0 Å². The van der Waals surface area contributed by atoms with Crippen LogP contribution in [0.5, 0.6) is 5.75 Å². The Kier molecular flexibility index (Phi) is 5.61. The van der Waals surface area contributed by atoms with Gasteiger partial charge in [-0.2, -0.15) is 30.7 Å². The zero-order valence-electron chi connectivity index (χ0n) is 14.7. The first-order valence-corrected chi connectivity index (χ1v) is 9.13. The SMILES string of the molecule is O=C(CCC(=O)c1ccc2c(c1)OC(F)(F)C(F)(F)S2)c1ccc(C(F)(F)F)cc1. The fourth-order valence-corrected chi connectivity index (χ4v) is 3.38. The Balaban J connectivity index is 1.66. The van der Waals surface area contributed by atoms with Crippen LogP contribution in [0.25, 0.3) is 0 Å². The number of rotatable bonds is 5. The molecule has 2 aromatic rings. The van der Waals surface area contributed by atoms with E-state index < -0.39 is 52.2 Å². The van der Waals surface area contributed by atoms with Gasteiger partial charge in [-0.1, -0.05) is 18.2 Å². The summed E-state index contributed by atoms with van der Waals surface area (Å²) in [6.07, 6.45) is -10.0. The molecule has 1 aliphatic heterocycles. The topological polar surface area (TPSA) is 43.4 Å². The quantitative estimate of drug-likeness (QED) is 0.399. The molecule has 0 spiro atoms. The summed E-state index contributed by atoms with van der Waals surface area (Å²) in [5, 5.41) is -4.47. The third-order valence-corrected chi connectivity index (χ3v) is 5.25. The highest BCUT2D eigenvalue weighted by molar-refractivity contribution is 8.00. The van der Waals surface area contributed by atoms with Gasteiger partial charge in [-0.05, 0) is 36.0 Å². The number of hydrogen-bond acceptors (Lipinski definition) is 4. The highest BCUT2D eigenvalue weighted by atomic mass is 32.2. The number of carbonyl (C=O) groups is 2. The van der Waals surface area contributed by atoms with E-state index in [9.17, 15) is 40.3 Å². The van der Waals surface area contributed by atoms with Crippen molar-refractivity contribution in [2.75, 3.05) is 0 Å². The van der Waals surface area contributed by atoms with E-state index in [4.69, 9.17) is 0 Å². The lowest BCUT2D eigenvalue weighted by molar-refractivity contribution is -0.273. The van der Waals surface area contributed by atoms with Gasteiger partial charge >= 0.3 is 17.5 Å². The summed E-state index contributed by atoms with van der Waals surface area (Å²) in [7, 11) is 0. The van der Waals surface area contributed by atoms with Crippen LogP contribution in [0.2, 0.25) is 0 Å². The summed E-state index contributed by atoms with van der Waals surface area (Å²) in [5.74, 6) is -1.82. The first-order valence-electron chi connectivity index (χ1n) is 8.31. The highest BCUT2D eigenvalue weighted by Gasteiger charge is 2.63. The number of thioether (sulfide) groups is 1. The van der Waals surface area contributed by atoms with Crippen LogP contribution in [0.1, 0.15) is 39.1 Å². The van der Waals surface area contributed by atoms with Crippen molar-refractivity contribution in [3.63, 3.8) is 0 Å². The lowest BCUT2D eigenvalue weighted by atomic mass is 10.0. The van der Waals surface area contributed by atoms with Crippen molar-refractivity contribution in [3.05, 3.63) is 59.2 Å². The molecule has 0 amide bonds. The highest BCUT2D eigenvalue weighted by Crippen LogP contribution is 2.54. The van der Waals surface area contributed by atoms with Gasteiger partial charge in [0.15, 0.2) is 11.6 Å². The molecule has 2 aromatic carbocycles. The molecule has 0 saturated carbocycles. The second-order valence-corrected chi connectivity index (χ2v) is 7.48. The van der Waals surface area contributed by atoms with Gasteiger partial charge in [0.05, 0.1) is 10.5 Å². The number of fused-ring (bicyclic) bond motifs is 1. The molecule has 0 aliphatic carbocycles. The van der Waals surface area contributed by atoms with Crippen molar-refractivity contribution in [1.82, 2.24) is 0 Å². The number of ether oxygens (including phenoxy) is 1. The fourth-order valence-electron chi connectivity index (χ4n) is 2.60. The number of hydrogen-bond donors (Lipinski definition) is 0. The van der Waals surface area contributed by atoms with E-state index >= 15 is 0 Å². The van der Waals surface area contributed by atoms with E-state index in [-0.39, 0.29) is 28.9 Å². The maximum Gasteiger partial charge on any atom is 0.475 e. The fraction of sp³-hybridized carbons (Fsp3) is 0.263. The van der Waals surface area contributed by atoms with Crippen molar-refractivity contribution < 1.29 is 45.1 Å². The van der Waals surface area contributed by atoms with Crippen molar-refractivity contribution in [2.24, 2.45) is 0 Å². The predicted octanol–water partition coefficient (Wildman–Crippen LogP) is 6.22. The standard InChI is InChI=1S/C19H11F7O3S/c20-17(21,22)12-4-1-10(2-5-12)13(27)6-7-14(28)11-3-8-16-15(9-11)29-18(23,24)19(25,26)30-16/h1-5,8-9H,6-7H2. The summed E-state index contributed by atoms with van der Waals surface area (Å²) >= 11 is -0.394. The summed E-state index contributed by atoms with van der Waals surface area (Å²) in [6.45, 7) is 0. The normalized spacial score (nSPS) is 17.0. The van der Waals surface area contributed by atoms with Gasteiger partial charge in [0.25, 0.3) is 0 Å². The Bertz CT molecular complexity index is 985. The largest absolute Gasteiger partial charge is 0.475 e. The minimum Gasteiger partial charge on any atom is -0.426 e. The molecule has 3 nitrogen and oxygen atoms in total. The van der Waals surface area contributed by atoms with E-state index in [1.807, 2.05) is 0 Å². The first kappa shape index (κ1) is 22.1. The molecule has 0 atom stereocenters. The minimum atomic E-state index is -4.76. The Hall–Kier alpha value is -2.56. The molecule has 0 bridgehead atoms. The molecule has 11 heteroatoms. The van der Waals surface area contributed by atoms with Crippen LogP contribution in [0.4, 0.5) is 30.7 Å². The van der Waals surface area contributed by atoms with E-state index in [1.165, 1.54) is 0 Å². The average molecular weight is 452 g/mol. The van der Waals surface area contributed by atoms with Crippen LogP contribution >= 0.6 is 11.8 Å². The van der Waals surface area contributed by atoms with Gasteiger partial charge in [-0.3, -0.25) is 9.59 Å². The molecule has 0 radical (unpaired) electrons. The molecule has 0 saturated heterocycles. The number of Topliss-reactive ketones (excluding diaryl/α,β-unsaturated/α-hetero) is 2. The molecule has 160 valence electrons. The molecule has 30 heavy (non-hydrogen) atoms. The molecule has 1 heterocycles. The molecule has 3 rings (SSSR count). The van der Waals surface area contributed by atoms with Crippen LogP contribution < -0.4 is 4.74 Å². The van der Waals surface area contributed by atoms with Gasteiger partial charge in [0.1, 0.15) is 5.75 Å². The summed E-state index contributed by atoms with van der Waals surface area (Å²) < 4.78 is 95.0. The molecular formula is C19H11F7O3S. The number of ketones is 2. The number of halogens is 7. The molecule has 0 unspecified atom stereocenters. The third-order valence-electron chi connectivity index (χ3n) is 4.19. The Morgan fingerprint density at radius 3 is 1.97 bits per heavy atom. The average Bonchev–Trinajstić information content (AvgIpc) is 2.65. The Morgan fingerprint density at radius 1 is 0.867 bits per heavy atom. The maximum atomic E-state index is 13.3. The summed E-state index contributed by atoms with van der Waals surface area (Å²) in [5.41, 5.74) is -1.08. The van der Waals surface area contributed by atoms with Crippen molar-refractivity contribution in [1.29, 1.82) is 0 Å². The maximum absolute atomic E-state index is 13.3. The molecule has 1 aliphatic rings. The monoisotopic (exact) mass is 452 g/mol. The van der Waals surface area contributed by atoms with E-state index in [1.54, 1.807) is 0 Å². The van der Waals surface area contributed by atoms with Gasteiger partial charge < -0.3 is 4.74 Å². The van der Waals surface area contributed by atoms with Gasteiger partial charge in [-0.15, -0.1) is 0 Å². The predicted molar refractivity (Wildman–Crippen MR) is 92.2 cm³/mol. The van der Waals surface area contributed by atoms with Crippen molar-refractivity contribution in [2.45, 2.75) is 35.3 Å². The first-order chi connectivity index (χ1) is 13.8. The second kappa shape index (κ2) is 7.60. The van der Waals surface area contributed by atoms with Crippen LogP contribution in [0.15, 0.2) is 47.4 Å². The number of carbonyl (C=O) groups excluding carboxylic acids is 2. The Morgan fingerprint density at radius 2 is 1.40 bits per heavy atom. The second-order valence-electron chi connectivity index (χ2n) is 6.32. The minimum absolute atomic E-state index is 0.0251. The lowest BCUT2D eigenvalue weighted by Gasteiger charge is -2.31. The number of alkyl halides is 7. The summed E-state index contributed by atoms with van der Waals surface area (Å²) in [4.78, 5) is 24.1. The molecular weight excluding hydrogens is 441 g/mol. The molecule has 0 aromatic heterocycles. The third kappa shape index (κ3) is 4.45. The van der Waals surface area contributed by atoms with Crippen LogP contribution in [0, 0.1) is 0 Å². The summed E-state index contributed by atoms with van der Waals surface area (Å²) in [6, 6.07) is 6.51. The van der Waals surface area contributed by atoms with E-state index in [0.717, 1.165) is 42.5 Å². The zero-order chi connectivity index (χ0) is 22.3. The van der Waals surface area contributed by atoms with Crippen LogP contribution in [-0.2, 0) is 6.18 Å². The van der Waals surface area contributed by atoms with Gasteiger partial charge in [-0.25, -0.2) is 0 Å². The lowest BCUT2D eigenvalue weighted by Crippen LogP contribution is -2.45. The van der Waals surface area contributed by atoms with Crippen molar-refractivity contribution in [3.8, 4) is 5.75 Å². The smallest absolute Gasteiger partial charge is 0.426 e. The van der Waals surface area contributed by atoms with Crippen LogP contribution in [-0.4, -0.2) is 22.9 Å². The zero-order valence-corrected chi connectivity index (χ0v) is 15.6.